The van der Waals surface area contributed by atoms with Gasteiger partial charge < -0.3 is 5.32 Å². The standard InChI is InChI=1S/C13H11ClN2/c1-2-3-8-15-12-7-6-11(14)10-5-4-9-16-13(10)12/h1,4-7,9,15H,3,8H2. The third kappa shape index (κ3) is 2.10. The van der Waals surface area contributed by atoms with Crippen LogP contribution in [-0.2, 0) is 0 Å². The first-order valence-corrected chi connectivity index (χ1v) is 5.41. The van der Waals surface area contributed by atoms with Crippen molar-refractivity contribution < 1.29 is 0 Å². The highest BCUT2D eigenvalue weighted by atomic mass is 35.5. The highest BCUT2D eigenvalue weighted by Crippen LogP contribution is 2.27. The number of hydrogen-bond acceptors (Lipinski definition) is 2. The van der Waals surface area contributed by atoms with Gasteiger partial charge in [0, 0.05) is 24.5 Å². The Hall–Kier alpha value is -1.72. The number of rotatable bonds is 3. The summed E-state index contributed by atoms with van der Waals surface area (Å²) >= 11 is 6.09. The molecule has 80 valence electrons. The van der Waals surface area contributed by atoms with Crippen molar-refractivity contribution in [1.29, 1.82) is 0 Å². The van der Waals surface area contributed by atoms with Crippen LogP contribution in [0.25, 0.3) is 10.9 Å². The molecule has 0 saturated carbocycles. The van der Waals surface area contributed by atoms with E-state index in [4.69, 9.17) is 18.0 Å². The number of nitrogens with zero attached hydrogens (tertiary/aromatic N) is 1. The van der Waals surface area contributed by atoms with Gasteiger partial charge in [0.25, 0.3) is 0 Å². The number of aromatic nitrogens is 1. The summed E-state index contributed by atoms with van der Waals surface area (Å²) in [5.74, 6) is 2.59. The minimum atomic E-state index is 0.691. The fraction of sp³-hybridized carbons (Fsp3) is 0.154. The zero-order chi connectivity index (χ0) is 11.4. The van der Waals surface area contributed by atoms with Gasteiger partial charge in [-0.1, -0.05) is 11.6 Å². The molecule has 1 N–H and O–H groups in total. The number of fused-ring (bicyclic) bond motifs is 1. The minimum Gasteiger partial charge on any atom is -0.382 e. The average molecular weight is 231 g/mol. The van der Waals surface area contributed by atoms with E-state index in [2.05, 4.69) is 16.2 Å². The quantitative estimate of drug-likeness (QED) is 0.646. The van der Waals surface area contributed by atoms with Crippen LogP contribution in [0.4, 0.5) is 5.69 Å². The number of pyridine rings is 1. The lowest BCUT2D eigenvalue weighted by molar-refractivity contribution is 1.10. The molecule has 2 nitrogen and oxygen atoms in total. The van der Waals surface area contributed by atoms with Crippen molar-refractivity contribution >= 4 is 28.2 Å². The third-order valence-corrected chi connectivity index (χ3v) is 2.63. The van der Waals surface area contributed by atoms with Gasteiger partial charge in [-0.25, -0.2) is 0 Å². The van der Waals surface area contributed by atoms with E-state index in [1.54, 1.807) is 6.20 Å². The first-order chi connectivity index (χ1) is 7.83. The molecule has 0 spiro atoms. The van der Waals surface area contributed by atoms with Crippen LogP contribution in [-0.4, -0.2) is 11.5 Å². The van der Waals surface area contributed by atoms with Gasteiger partial charge in [0.1, 0.15) is 0 Å². The van der Waals surface area contributed by atoms with Gasteiger partial charge in [-0.15, -0.1) is 12.3 Å². The molecular weight excluding hydrogens is 220 g/mol. The summed E-state index contributed by atoms with van der Waals surface area (Å²) in [4.78, 5) is 4.32. The lowest BCUT2D eigenvalue weighted by Crippen LogP contribution is -2.01. The zero-order valence-electron chi connectivity index (χ0n) is 8.70. The fourth-order valence-electron chi connectivity index (χ4n) is 1.55. The molecular formula is C13H11ClN2. The Morgan fingerprint density at radius 3 is 3.06 bits per heavy atom. The maximum atomic E-state index is 6.09. The Morgan fingerprint density at radius 1 is 1.38 bits per heavy atom. The minimum absolute atomic E-state index is 0.691. The molecule has 3 heteroatoms. The highest BCUT2D eigenvalue weighted by molar-refractivity contribution is 6.35. The second-order valence-electron chi connectivity index (χ2n) is 3.38. The maximum Gasteiger partial charge on any atom is 0.0948 e. The SMILES string of the molecule is C#CCCNc1ccc(Cl)c2cccnc12. The lowest BCUT2D eigenvalue weighted by atomic mass is 10.2. The molecule has 16 heavy (non-hydrogen) atoms. The number of anilines is 1. The van der Waals surface area contributed by atoms with Crippen LogP contribution in [0.1, 0.15) is 6.42 Å². The van der Waals surface area contributed by atoms with Crippen molar-refractivity contribution in [1.82, 2.24) is 4.98 Å². The molecule has 0 bridgehead atoms. The van der Waals surface area contributed by atoms with Gasteiger partial charge in [0.05, 0.1) is 16.2 Å². The molecule has 1 heterocycles. The van der Waals surface area contributed by atoms with Crippen molar-refractivity contribution in [2.45, 2.75) is 6.42 Å². The molecule has 0 aliphatic heterocycles. The number of terminal acetylenes is 1. The number of halogens is 1. The Morgan fingerprint density at radius 2 is 2.25 bits per heavy atom. The van der Waals surface area contributed by atoms with Gasteiger partial charge in [-0.3, -0.25) is 4.98 Å². The van der Waals surface area contributed by atoms with E-state index >= 15 is 0 Å². The van der Waals surface area contributed by atoms with Gasteiger partial charge in [-0.05, 0) is 24.3 Å². The lowest BCUT2D eigenvalue weighted by Gasteiger charge is -2.08. The van der Waals surface area contributed by atoms with E-state index in [0.29, 0.717) is 11.4 Å². The predicted molar refractivity (Wildman–Crippen MR) is 68.7 cm³/mol. The van der Waals surface area contributed by atoms with Crippen LogP contribution in [0, 0.1) is 12.3 Å². The molecule has 0 atom stereocenters. The summed E-state index contributed by atoms with van der Waals surface area (Å²) in [5, 5.41) is 4.92. The Balaban J connectivity index is 2.39. The van der Waals surface area contributed by atoms with Crippen LogP contribution in [0.15, 0.2) is 30.5 Å². The van der Waals surface area contributed by atoms with E-state index in [-0.39, 0.29) is 0 Å². The van der Waals surface area contributed by atoms with E-state index in [1.807, 2.05) is 24.3 Å². The number of nitrogens with one attached hydrogen (secondary N) is 1. The van der Waals surface area contributed by atoms with Crippen molar-refractivity contribution in [2.24, 2.45) is 0 Å². The van der Waals surface area contributed by atoms with E-state index < -0.39 is 0 Å². The summed E-state index contributed by atoms with van der Waals surface area (Å²) in [6, 6.07) is 7.62. The molecule has 2 aromatic rings. The van der Waals surface area contributed by atoms with Crippen LogP contribution in [0.3, 0.4) is 0 Å². The van der Waals surface area contributed by atoms with Crippen LogP contribution in [0.5, 0.6) is 0 Å². The van der Waals surface area contributed by atoms with E-state index in [9.17, 15) is 0 Å². The van der Waals surface area contributed by atoms with Crippen molar-refractivity contribution in [3.8, 4) is 12.3 Å². The topological polar surface area (TPSA) is 24.9 Å². The smallest absolute Gasteiger partial charge is 0.0948 e. The molecule has 0 unspecified atom stereocenters. The Kier molecular flexibility index (Phi) is 3.28. The van der Waals surface area contributed by atoms with Gasteiger partial charge >= 0.3 is 0 Å². The average Bonchev–Trinajstić information content (AvgIpc) is 2.33. The second kappa shape index (κ2) is 4.87. The Bertz CT molecular complexity index is 543. The summed E-state index contributed by atoms with van der Waals surface area (Å²) in [6.07, 6.45) is 7.65. The van der Waals surface area contributed by atoms with Gasteiger partial charge in [-0.2, -0.15) is 0 Å². The van der Waals surface area contributed by atoms with Crippen LogP contribution >= 0.6 is 11.6 Å². The summed E-state index contributed by atoms with van der Waals surface area (Å²) < 4.78 is 0. The largest absolute Gasteiger partial charge is 0.382 e. The zero-order valence-corrected chi connectivity index (χ0v) is 9.46. The summed E-state index contributed by atoms with van der Waals surface area (Å²) in [7, 11) is 0. The van der Waals surface area contributed by atoms with E-state index in [0.717, 1.165) is 23.1 Å². The molecule has 0 amide bonds. The monoisotopic (exact) mass is 230 g/mol. The molecule has 0 radical (unpaired) electrons. The highest BCUT2D eigenvalue weighted by Gasteiger charge is 2.04. The third-order valence-electron chi connectivity index (χ3n) is 2.30. The normalized spacial score (nSPS) is 10.0. The van der Waals surface area contributed by atoms with Crippen molar-refractivity contribution in [3.63, 3.8) is 0 Å². The molecule has 2 rings (SSSR count). The fourth-order valence-corrected chi connectivity index (χ4v) is 1.77. The van der Waals surface area contributed by atoms with Gasteiger partial charge in [0.2, 0.25) is 0 Å². The van der Waals surface area contributed by atoms with Gasteiger partial charge in [0.15, 0.2) is 0 Å². The Labute approximate surface area is 99.6 Å². The molecule has 1 aromatic carbocycles. The van der Waals surface area contributed by atoms with E-state index in [1.165, 1.54) is 0 Å². The molecule has 0 fully saturated rings. The van der Waals surface area contributed by atoms with Crippen molar-refractivity contribution in [2.75, 3.05) is 11.9 Å². The summed E-state index contributed by atoms with van der Waals surface area (Å²) in [6.45, 7) is 0.740. The first-order valence-electron chi connectivity index (χ1n) is 5.03. The molecule has 0 saturated heterocycles. The maximum absolute atomic E-state index is 6.09. The second-order valence-corrected chi connectivity index (χ2v) is 3.78. The van der Waals surface area contributed by atoms with Crippen LogP contribution in [0.2, 0.25) is 5.02 Å². The molecule has 0 aliphatic carbocycles. The van der Waals surface area contributed by atoms with Crippen LogP contribution < -0.4 is 5.32 Å². The first kappa shape index (κ1) is 10.8. The number of hydrogen-bond donors (Lipinski definition) is 1. The summed E-state index contributed by atoms with van der Waals surface area (Å²) in [5.41, 5.74) is 1.85. The van der Waals surface area contributed by atoms with Crippen molar-refractivity contribution in [3.05, 3.63) is 35.5 Å². The predicted octanol–water partition coefficient (Wildman–Crippen LogP) is 3.32. The number of benzene rings is 1. The molecule has 0 aliphatic rings. The molecule has 1 aromatic heterocycles.